The van der Waals surface area contributed by atoms with Gasteiger partial charge < -0.3 is 10.2 Å². The van der Waals surface area contributed by atoms with E-state index >= 15 is 0 Å². The van der Waals surface area contributed by atoms with Gasteiger partial charge in [0.2, 0.25) is 0 Å². The molecule has 4 rings (SSSR count). The van der Waals surface area contributed by atoms with E-state index in [-0.39, 0.29) is 11.5 Å². The van der Waals surface area contributed by atoms with Crippen LogP contribution in [-0.2, 0) is 6.42 Å². The van der Waals surface area contributed by atoms with Crippen molar-refractivity contribution in [2.75, 3.05) is 0 Å². The van der Waals surface area contributed by atoms with Crippen molar-refractivity contribution in [2.45, 2.75) is 6.42 Å². The van der Waals surface area contributed by atoms with E-state index in [4.69, 9.17) is 0 Å². The summed E-state index contributed by atoms with van der Waals surface area (Å²) in [4.78, 5) is 0. The van der Waals surface area contributed by atoms with Crippen LogP contribution in [-0.4, -0.2) is 10.2 Å². The van der Waals surface area contributed by atoms with Gasteiger partial charge in [-0.1, -0.05) is 55.1 Å². The fraction of sp³-hybridized carbons (Fsp3) is 0.0435. The first-order valence-electron chi connectivity index (χ1n) is 8.24. The molecule has 2 N–H and O–H groups in total. The predicted molar refractivity (Wildman–Crippen MR) is 102 cm³/mol. The number of phenolic OH excluding ortho intramolecular Hbond substituents is 2. The van der Waals surface area contributed by atoms with Crippen molar-refractivity contribution in [3.8, 4) is 11.5 Å². The van der Waals surface area contributed by atoms with Gasteiger partial charge in [-0.2, -0.15) is 0 Å². The van der Waals surface area contributed by atoms with Crippen LogP contribution in [0.25, 0.3) is 17.2 Å². The number of fused-ring (bicyclic) bond motifs is 1. The molecule has 3 aromatic rings. The summed E-state index contributed by atoms with van der Waals surface area (Å²) in [5.41, 5.74) is 7.68. The van der Waals surface area contributed by atoms with E-state index in [0.717, 1.165) is 34.2 Å². The summed E-state index contributed by atoms with van der Waals surface area (Å²) in [5.74, 6) is 0.500. The normalized spacial score (nSPS) is 13.0. The van der Waals surface area contributed by atoms with Gasteiger partial charge in [0, 0.05) is 0 Å². The fourth-order valence-corrected chi connectivity index (χ4v) is 3.55. The molecule has 0 amide bonds. The second kappa shape index (κ2) is 5.99. The maximum atomic E-state index is 10.2. The Balaban J connectivity index is 2.00. The maximum Gasteiger partial charge on any atom is 0.116 e. The summed E-state index contributed by atoms with van der Waals surface area (Å²) >= 11 is 0. The quantitative estimate of drug-likeness (QED) is 0.689. The maximum absolute atomic E-state index is 10.2. The van der Waals surface area contributed by atoms with Gasteiger partial charge in [0.15, 0.2) is 0 Å². The summed E-state index contributed by atoms with van der Waals surface area (Å²) in [5, 5.41) is 19.8. The average molecular weight is 326 g/mol. The summed E-state index contributed by atoms with van der Waals surface area (Å²) in [6, 6.07) is 21.1. The monoisotopic (exact) mass is 326 g/mol. The van der Waals surface area contributed by atoms with Crippen molar-refractivity contribution >= 4 is 17.2 Å². The van der Waals surface area contributed by atoms with Gasteiger partial charge in [-0.15, -0.1) is 0 Å². The lowest BCUT2D eigenvalue weighted by atomic mass is 9.94. The second-order valence-electron chi connectivity index (χ2n) is 6.21. The molecule has 0 aromatic heterocycles. The number of benzene rings is 3. The number of allylic oxidation sites excluding steroid dienone is 1. The molecule has 122 valence electrons. The molecule has 0 fully saturated rings. The van der Waals surface area contributed by atoms with Gasteiger partial charge in [0.05, 0.1) is 0 Å². The lowest BCUT2D eigenvalue weighted by Gasteiger charge is -2.10. The second-order valence-corrected chi connectivity index (χ2v) is 6.21. The minimum atomic E-state index is 0.244. The predicted octanol–water partition coefficient (Wildman–Crippen LogP) is 5.26. The lowest BCUT2D eigenvalue weighted by molar-refractivity contribution is 0.474. The van der Waals surface area contributed by atoms with Crippen molar-refractivity contribution in [1.82, 2.24) is 0 Å². The molecular formula is C23H18O2. The molecule has 3 aromatic carbocycles. The Morgan fingerprint density at radius 3 is 2.20 bits per heavy atom. The van der Waals surface area contributed by atoms with Gasteiger partial charge in [-0.05, 0) is 69.6 Å². The number of rotatable bonds is 3. The van der Waals surface area contributed by atoms with E-state index in [1.54, 1.807) is 24.3 Å². The highest BCUT2D eigenvalue weighted by Gasteiger charge is 2.26. The Bertz CT molecular complexity index is 981. The smallest absolute Gasteiger partial charge is 0.116 e. The third kappa shape index (κ3) is 2.62. The molecule has 0 saturated heterocycles. The number of hydrogen-bond donors (Lipinski definition) is 2. The third-order valence-electron chi connectivity index (χ3n) is 4.69. The van der Waals surface area contributed by atoms with E-state index in [1.807, 2.05) is 36.4 Å². The van der Waals surface area contributed by atoms with Crippen LogP contribution in [0.3, 0.4) is 0 Å². The topological polar surface area (TPSA) is 40.5 Å². The Labute approximate surface area is 147 Å². The standard InChI is InChI=1S/C23H18O2/c1-2-15-12-19(25)13-22-20(15)14-21(16-8-10-18(24)11-9-16)23(22)17-6-4-3-5-7-17/h2-13,24-25H,1,14H2. The molecule has 1 aliphatic carbocycles. The van der Waals surface area contributed by atoms with Crippen molar-refractivity contribution in [2.24, 2.45) is 0 Å². The summed E-state index contributed by atoms with van der Waals surface area (Å²) < 4.78 is 0. The fourth-order valence-electron chi connectivity index (χ4n) is 3.55. The highest BCUT2D eigenvalue weighted by molar-refractivity contribution is 6.04. The van der Waals surface area contributed by atoms with Crippen LogP contribution < -0.4 is 0 Å². The molecule has 0 radical (unpaired) electrons. The third-order valence-corrected chi connectivity index (χ3v) is 4.69. The van der Waals surface area contributed by atoms with E-state index < -0.39 is 0 Å². The van der Waals surface area contributed by atoms with Crippen LogP contribution in [0.5, 0.6) is 11.5 Å². The summed E-state index contributed by atoms with van der Waals surface area (Å²) in [6.07, 6.45) is 2.56. The largest absolute Gasteiger partial charge is 0.508 e. The van der Waals surface area contributed by atoms with Crippen LogP contribution in [0.15, 0.2) is 73.3 Å². The Morgan fingerprint density at radius 1 is 0.800 bits per heavy atom. The van der Waals surface area contributed by atoms with Crippen LogP contribution >= 0.6 is 0 Å². The Morgan fingerprint density at radius 2 is 1.52 bits per heavy atom. The first-order chi connectivity index (χ1) is 12.2. The Hall–Kier alpha value is -3.26. The molecule has 0 bridgehead atoms. The minimum Gasteiger partial charge on any atom is -0.508 e. The molecule has 0 aliphatic heterocycles. The number of aromatic hydroxyl groups is 2. The first kappa shape index (κ1) is 15.3. The number of phenols is 2. The van der Waals surface area contributed by atoms with Crippen molar-refractivity contribution < 1.29 is 10.2 Å². The van der Waals surface area contributed by atoms with Crippen LogP contribution in [0.4, 0.5) is 0 Å². The first-order valence-corrected chi connectivity index (χ1v) is 8.24. The van der Waals surface area contributed by atoms with E-state index in [0.29, 0.717) is 0 Å². The van der Waals surface area contributed by atoms with Crippen molar-refractivity contribution in [3.63, 3.8) is 0 Å². The SMILES string of the molecule is C=Cc1cc(O)cc2c1CC(c1ccc(O)cc1)=C2c1ccccc1. The highest BCUT2D eigenvalue weighted by atomic mass is 16.3. The molecular weight excluding hydrogens is 308 g/mol. The molecule has 1 aliphatic rings. The van der Waals surface area contributed by atoms with E-state index in [9.17, 15) is 10.2 Å². The molecule has 0 heterocycles. The van der Waals surface area contributed by atoms with Gasteiger partial charge in [-0.3, -0.25) is 0 Å². The molecule has 2 heteroatoms. The van der Waals surface area contributed by atoms with Crippen LogP contribution in [0.1, 0.15) is 27.8 Å². The summed E-state index contributed by atoms with van der Waals surface area (Å²) in [6.45, 7) is 3.89. The molecule has 0 atom stereocenters. The molecule has 2 nitrogen and oxygen atoms in total. The zero-order valence-corrected chi connectivity index (χ0v) is 13.7. The van der Waals surface area contributed by atoms with Gasteiger partial charge in [0.1, 0.15) is 11.5 Å². The zero-order valence-electron chi connectivity index (χ0n) is 13.7. The van der Waals surface area contributed by atoms with Crippen LogP contribution in [0.2, 0.25) is 0 Å². The van der Waals surface area contributed by atoms with Gasteiger partial charge >= 0.3 is 0 Å². The lowest BCUT2D eigenvalue weighted by Crippen LogP contribution is -1.90. The molecule has 25 heavy (non-hydrogen) atoms. The molecule has 0 saturated carbocycles. The van der Waals surface area contributed by atoms with Crippen molar-refractivity contribution in [3.05, 3.63) is 101 Å². The minimum absolute atomic E-state index is 0.244. The van der Waals surface area contributed by atoms with Gasteiger partial charge in [-0.25, -0.2) is 0 Å². The van der Waals surface area contributed by atoms with Crippen LogP contribution in [0, 0.1) is 0 Å². The van der Waals surface area contributed by atoms with E-state index in [1.165, 1.54) is 11.1 Å². The van der Waals surface area contributed by atoms with Gasteiger partial charge in [0.25, 0.3) is 0 Å². The molecule has 0 spiro atoms. The Kier molecular flexibility index (Phi) is 3.66. The zero-order chi connectivity index (χ0) is 17.4. The van der Waals surface area contributed by atoms with Crippen molar-refractivity contribution in [1.29, 1.82) is 0 Å². The summed E-state index contributed by atoms with van der Waals surface area (Å²) in [7, 11) is 0. The van der Waals surface area contributed by atoms with E-state index in [2.05, 4.69) is 18.7 Å². The average Bonchev–Trinajstić information content (AvgIpc) is 3.01. The highest BCUT2D eigenvalue weighted by Crippen LogP contribution is 2.45. The molecule has 0 unspecified atom stereocenters. The number of hydrogen-bond acceptors (Lipinski definition) is 2.